The molecule has 0 aliphatic carbocycles. The molecule has 0 bridgehead atoms. The molecular formula is C22H23FN2O3. The number of nitrogens with one attached hydrogen (secondary N) is 1. The highest BCUT2D eigenvalue weighted by Crippen LogP contribution is 2.31. The van der Waals surface area contributed by atoms with E-state index in [1.165, 1.54) is 11.1 Å². The number of rotatable bonds is 4. The summed E-state index contributed by atoms with van der Waals surface area (Å²) >= 11 is 0. The summed E-state index contributed by atoms with van der Waals surface area (Å²) in [6.45, 7) is 4.47. The van der Waals surface area contributed by atoms with Gasteiger partial charge in [-0.1, -0.05) is 12.1 Å². The fourth-order valence-corrected chi connectivity index (χ4v) is 3.89. The van der Waals surface area contributed by atoms with Crippen molar-refractivity contribution >= 4 is 5.57 Å². The number of ether oxygens (including phenoxy) is 3. The van der Waals surface area contributed by atoms with E-state index < -0.39 is 0 Å². The monoisotopic (exact) mass is 382 g/mol. The number of halogens is 1. The number of hydrogen-bond acceptors (Lipinski definition) is 5. The number of fused-ring (bicyclic) bond motifs is 2. The Labute approximate surface area is 163 Å². The average Bonchev–Trinajstić information content (AvgIpc) is 2.85. The van der Waals surface area contributed by atoms with E-state index >= 15 is 0 Å². The zero-order valence-electron chi connectivity index (χ0n) is 15.7. The number of aromatic nitrogens is 1. The molecule has 0 amide bonds. The standard InChI is InChI=1S/C22H23FN2O3/c23-20-7-14(18-11-27-12-18)1-2-15(20)13-28-21-4-3-16-9-26-10-17-8-24-6-5-19(17)22(16)25-21/h1-4,7,18,24H,5-6,8-13H2. The Morgan fingerprint density at radius 2 is 2.07 bits per heavy atom. The van der Waals surface area contributed by atoms with Crippen molar-refractivity contribution in [2.75, 3.05) is 32.9 Å². The van der Waals surface area contributed by atoms with Gasteiger partial charge in [0.25, 0.3) is 0 Å². The Kier molecular flexibility index (Phi) is 4.84. The lowest BCUT2D eigenvalue weighted by molar-refractivity contribution is 0.00830. The van der Waals surface area contributed by atoms with Crippen LogP contribution in [-0.2, 0) is 22.7 Å². The van der Waals surface area contributed by atoms with Crippen molar-refractivity contribution in [2.24, 2.45) is 0 Å². The second kappa shape index (κ2) is 7.62. The van der Waals surface area contributed by atoms with Gasteiger partial charge >= 0.3 is 0 Å². The molecule has 4 heterocycles. The first-order chi connectivity index (χ1) is 13.8. The molecule has 3 aliphatic rings. The minimum absolute atomic E-state index is 0.156. The summed E-state index contributed by atoms with van der Waals surface area (Å²) in [5.41, 5.74) is 6.09. The fourth-order valence-electron chi connectivity index (χ4n) is 3.89. The third kappa shape index (κ3) is 3.43. The number of nitrogens with zero attached hydrogens (tertiary/aromatic N) is 1. The van der Waals surface area contributed by atoms with E-state index in [0.29, 0.717) is 43.8 Å². The van der Waals surface area contributed by atoms with Crippen molar-refractivity contribution in [1.82, 2.24) is 10.3 Å². The highest BCUT2D eigenvalue weighted by Gasteiger charge is 2.23. The summed E-state index contributed by atoms with van der Waals surface area (Å²) < 4.78 is 31.3. The minimum atomic E-state index is -0.240. The number of hydrogen-bond donors (Lipinski definition) is 1. The lowest BCUT2D eigenvalue weighted by atomic mass is 9.96. The van der Waals surface area contributed by atoms with Crippen LogP contribution in [0.3, 0.4) is 0 Å². The van der Waals surface area contributed by atoms with E-state index in [0.717, 1.165) is 36.3 Å². The van der Waals surface area contributed by atoms with Gasteiger partial charge in [-0.25, -0.2) is 9.37 Å². The molecule has 0 saturated carbocycles. The van der Waals surface area contributed by atoms with Gasteiger partial charge in [0.05, 0.1) is 32.1 Å². The van der Waals surface area contributed by atoms with Crippen LogP contribution < -0.4 is 10.1 Å². The number of pyridine rings is 1. The van der Waals surface area contributed by atoms with Gasteiger partial charge < -0.3 is 19.5 Å². The Hall–Kier alpha value is -2.28. The normalized spacial score (nSPS) is 19.5. The van der Waals surface area contributed by atoms with Crippen LogP contribution in [-0.4, -0.2) is 37.9 Å². The molecule has 2 aromatic rings. The maximum Gasteiger partial charge on any atom is 0.214 e. The SMILES string of the molecule is Fc1cc(C2COC2)ccc1COc1ccc2c(n1)C1=C(CNCC1)COC2. The first-order valence-corrected chi connectivity index (χ1v) is 9.76. The van der Waals surface area contributed by atoms with E-state index in [1.54, 1.807) is 12.1 Å². The van der Waals surface area contributed by atoms with Crippen LogP contribution in [0.5, 0.6) is 5.88 Å². The lowest BCUT2D eigenvalue weighted by Crippen LogP contribution is -2.26. The maximum atomic E-state index is 14.4. The molecule has 1 fully saturated rings. The molecule has 5 nitrogen and oxygen atoms in total. The topological polar surface area (TPSA) is 52.6 Å². The molecule has 0 spiro atoms. The van der Waals surface area contributed by atoms with E-state index in [2.05, 4.69) is 5.32 Å². The Morgan fingerprint density at radius 3 is 2.89 bits per heavy atom. The predicted octanol–water partition coefficient (Wildman–Crippen LogP) is 3.19. The highest BCUT2D eigenvalue weighted by molar-refractivity contribution is 5.70. The molecular weight excluding hydrogens is 359 g/mol. The molecule has 6 heteroatoms. The van der Waals surface area contributed by atoms with Gasteiger partial charge in [-0.3, -0.25) is 0 Å². The van der Waals surface area contributed by atoms with Gasteiger partial charge in [-0.05, 0) is 41.8 Å². The van der Waals surface area contributed by atoms with Crippen LogP contribution in [0, 0.1) is 5.82 Å². The molecule has 0 radical (unpaired) electrons. The molecule has 0 unspecified atom stereocenters. The van der Waals surface area contributed by atoms with Crippen LogP contribution in [0.25, 0.3) is 5.57 Å². The second-order valence-electron chi connectivity index (χ2n) is 7.53. The lowest BCUT2D eigenvalue weighted by Gasteiger charge is -2.26. The van der Waals surface area contributed by atoms with Crippen LogP contribution in [0.1, 0.15) is 34.7 Å². The van der Waals surface area contributed by atoms with Crippen molar-refractivity contribution in [2.45, 2.75) is 25.6 Å². The van der Waals surface area contributed by atoms with Gasteiger partial charge in [0.1, 0.15) is 12.4 Å². The van der Waals surface area contributed by atoms with Crippen molar-refractivity contribution in [1.29, 1.82) is 0 Å². The summed E-state index contributed by atoms with van der Waals surface area (Å²) in [5, 5.41) is 3.38. The van der Waals surface area contributed by atoms with Crippen LogP contribution in [0.4, 0.5) is 4.39 Å². The molecule has 0 atom stereocenters. The first kappa shape index (κ1) is 17.8. The molecule has 1 saturated heterocycles. The molecule has 3 aliphatic heterocycles. The summed E-state index contributed by atoms with van der Waals surface area (Å²) in [4.78, 5) is 4.74. The molecule has 28 heavy (non-hydrogen) atoms. The van der Waals surface area contributed by atoms with Crippen molar-refractivity contribution in [3.8, 4) is 5.88 Å². The van der Waals surface area contributed by atoms with Crippen LogP contribution in [0.15, 0.2) is 35.9 Å². The Morgan fingerprint density at radius 1 is 1.14 bits per heavy atom. The molecule has 1 aromatic carbocycles. The Bertz CT molecular complexity index is 924. The van der Waals surface area contributed by atoms with Crippen LogP contribution in [0.2, 0.25) is 0 Å². The van der Waals surface area contributed by atoms with Crippen LogP contribution >= 0.6 is 0 Å². The maximum absolute atomic E-state index is 14.4. The quantitative estimate of drug-likeness (QED) is 0.880. The third-order valence-corrected chi connectivity index (χ3v) is 5.65. The summed E-state index contributed by atoms with van der Waals surface area (Å²) in [6.07, 6.45) is 0.934. The summed E-state index contributed by atoms with van der Waals surface area (Å²) in [5.74, 6) is 0.586. The van der Waals surface area contributed by atoms with Gasteiger partial charge in [0, 0.05) is 29.7 Å². The summed E-state index contributed by atoms with van der Waals surface area (Å²) in [6, 6.07) is 9.20. The smallest absolute Gasteiger partial charge is 0.214 e. The molecule has 146 valence electrons. The van der Waals surface area contributed by atoms with Crippen molar-refractivity contribution < 1.29 is 18.6 Å². The van der Waals surface area contributed by atoms with E-state index in [4.69, 9.17) is 19.2 Å². The zero-order valence-corrected chi connectivity index (χ0v) is 15.7. The average molecular weight is 382 g/mol. The fraction of sp³-hybridized carbons (Fsp3) is 0.409. The minimum Gasteiger partial charge on any atom is -0.473 e. The van der Waals surface area contributed by atoms with Crippen molar-refractivity contribution in [3.63, 3.8) is 0 Å². The number of benzene rings is 1. The zero-order chi connectivity index (χ0) is 18.9. The van der Waals surface area contributed by atoms with E-state index in [9.17, 15) is 4.39 Å². The Balaban J connectivity index is 1.34. The second-order valence-corrected chi connectivity index (χ2v) is 7.53. The van der Waals surface area contributed by atoms with E-state index in [1.807, 2.05) is 18.2 Å². The van der Waals surface area contributed by atoms with Gasteiger partial charge in [0.2, 0.25) is 5.88 Å². The third-order valence-electron chi connectivity index (χ3n) is 5.65. The van der Waals surface area contributed by atoms with Gasteiger partial charge in [-0.2, -0.15) is 0 Å². The molecule has 5 rings (SSSR count). The van der Waals surface area contributed by atoms with Gasteiger partial charge in [-0.15, -0.1) is 0 Å². The van der Waals surface area contributed by atoms with E-state index in [-0.39, 0.29) is 12.4 Å². The molecule has 1 N–H and O–H groups in total. The highest BCUT2D eigenvalue weighted by atomic mass is 19.1. The molecule has 1 aromatic heterocycles. The predicted molar refractivity (Wildman–Crippen MR) is 103 cm³/mol. The van der Waals surface area contributed by atoms with Gasteiger partial charge in [0.15, 0.2) is 0 Å². The van der Waals surface area contributed by atoms with Crippen molar-refractivity contribution in [3.05, 3.63) is 64.1 Å². The summed E-state index contributed by atoms with van der Waals surface area (Å²) in [7, 11) is 0. The largest absolute Gasteiger partial charge is 0.473 e. The first-order valence-electron chi connectivity index (χ1n) is 9.76.